The molecular formula is C33H29N7O. The Balaban J connectivity index is 1.08. The van der Waals surface area contributed by atoms with Crippen molar-refractivity contribution in [1.29, 1.82) is 5.26 Å². The number of nitrogens with zero attached hydrogens (tertiary/aromatic N) is 6. The molecule has 1 fully saturated rings. The molecule has 3 aromatic heterocycles. The zero-order chi connectivity index (χ0) is 27.6. The van der Waals surface area contributed by atoms with Crippen LogP contribution in [0, 0.1) is 11.3 Å². The molecule has 2 aliphatic rings. The molecular weight excluding hydrogens is 510 g/mol. The lowest BCUT2D eigenvalue weighted by Gasteiger charge is -2.32. The van der Waals surface area contributed by atoms with Gasteiger partial charge in [0.25, 0.3) is 0 Å². The maximum atomic E-state index is 9.05. The van der Waals surface area contributed by atoms with Gasteiger partial charge in [0.1, 0.15) is 18.5 Å². The van der Waals surface area contributed by atoms with Crippen molar-refractivity contribution >= 4 is 5.82 Å². The van der Waals surface area contributed by atoms with Gasteiger partial charge in [-0.05, 0) is 41.7 Å². The smallest absolute Gasteiger partial charge is 0.234 e. The fourth-order valence-electron chi connectivity index (χ4n) is 5.86. The van der Waals surface area contributed by atoms with Crippen LogP contribution < -0.4 is 10.1 Å². The lowest BCUT2D eigenvalue weighted by atomic mass is 9.96. The Kier molecular flexibility index (Phi) is 6.63. The summed E-state index contributed by atoms with van der Waals surface area (Å²) in [5.74, 6) is 1.72. The maximum absolute atomic E-state index is 9.05. The van der Waals surface area contributed by atoms with Gasteiger partial charge in [0.05, 0.1) is 17.6 Å². The van der Waals surface area contributed by atoms with E-state index in [1.54, 1.807) is 12.4 Å². The van der Waals surface area contributed by atoms with Crippen molar-refractivity contribution in [1.82, 2.24) is 24.4 Å². The van der Waals surface area contributed by atoms with Crippen LogP contribution in [0.5, 0.6) is 5.75 Å². The van der Waals surface area contributed by atoms with E-state index in [9.17, 15) is 0 Å². The Hall–Kier alpha value is -5.00. The minimum atomic E-state index is 0.197. The fraction of sp³-hybridized carbons (Fsp3) is 0.212. The van der Waals surface area contributed by atoms with Crippen LogP contribution in [0.25, 0.3) is 27.9 Å². The quantitative estimate of drug-likeness (QED) is 0.290. The van der Waals surface area contributed by atoms with Gasteiger partial charge in [-0.3, -0.25) is 9.88 Å². The summed E-state index contributed by atoms with van der Waals surface area (Å²) in [4.78, 5) is 15.0. The number of nitriles is 1. The maximum Gasteiger partial charge on any atom is 0.234 e. The molecule has 2 aromatic carbocycles. The average Bonchev–Trinajstić information content (AvgIpc) is 3.43. The van der Waals surface area contributed by atoms with E-state index >= 15 is 0 Å². The van der Waals surface area contributed by atoms with E-state index in [-0.39, 0.29) is 5.82 Å². The number of hydrogen-bond acceptors (Lipinski definition) is 7. The highest BCUT2D eigenvalue weighted by molar-refractivity contribution is 5.86. The van der Waals surface area contributed by atoms with Crippen LogP contribution in [0.4, 0.5) is 5.82 Å². The molecule has 0 aliphatic carbocycles. The Morgan fingerprint density at radius 1 is 0.951 bits per heavy atom. The van der Waals surface area contributed by atoms with Crippen LogP contribution in [0.3, 0.4) is 0 Å². The summed E-state index contributed by atoms with van der Waals surface area (Å²) in [7, 11) is 0. The summed E-state index contributed by atoms with van der Waals surface area (Å²) in [6.07, 6.45) is 9.52. The van der Waals surface area contributed by atoms with Crippen molar-refractivity contribution in [3.8, 4) is 39.8 Å². The molecule has 1 saturated heterocycles. The second kappa shape index (κ2) is 10.9. The monoisotopic (exact) mass is 539 g/mol. The molecule has 0 spiro atoms. The first kappa shape index (κ1) is 25.0. The number of aromatic nitrogens is 4. The zero-order valence-corrected chi connectivity index (χ0v) is 22.6. The van der Waals surface area contributed by atoms with E-state index < -0.39 is 0 Å². The molecule has 5 heterocycles. The van der Waals surface area contributed by atoms with Gasteiger partial charge in [-0.2, -0.15) is 5.26 Å². The van der Waals surface area contributed by atoms with E-state index in [0.29, 0.717) is 12.6 Å². The van der Waals surface area contributed by atoms with Gasteiger partial charge in [-0.15, -0.1) is 0 Å². The van der Waals surface area contributed by atoms with Gasteiger partial charge in [-0.1, -0.05) is 54.6 Å². The molecule has 1 N–H and O–H groups in total. The first-order chi connectivity index (χ1) is 20.2. The summed E-state index contributed by atoms with van der Waals surface area (Å²) in [6, 6.07) is 25.7. The third-order valence-electron chi connectivity index (χ3n) is 7.92. The predicted octanol–water partition coefficient (Wildman–Crippen LogP) is 5.84. The standard InChI is InChI=1S/C33H29N7O/c34-18-32-36-15-11-31(38-32)37-26-12-16-39(17-13-26)20-23-6-8-24(9-7-23)27-21-40-28-10-14-35-19-30(28)41-22-29(40)33(27)25-4-2-1-3-5-25/h1-11,14-15,19,21,26H,12-13,16-17,20,22H2,(H,36,37,38). The fourth-order valence-corrected chi connectivity index (χ4v) is 5.86. The van der Waals surface area contributed by atoms with Crippen LogP contribution >= 0.6 is 0 Å². The van der Waals surface area contributed by atoms with E-state index in [2.05, 4.69) is 90.5 Å². The number of hydrogen-bond donors (Lipinski definition) is 1. The summed E-state index contributed by atoms with van der Waals surface area (Å²) >= 11 is 0. The first-order valence-corrected chi connectivity index (χ1v) is 13.9. The van der Waals surface area contributed by atoms with Crippen molar-refractivity contribution < 1.29 is 4.74 Å². The normalized spacial score (nSPS) is 14.9. The van der Waals surface area contributed by atoms with Gasteiger partial charge < -0.3 is 14.6 Å². The largest absolute Gasteiger partial charge is 0.484 e. The Bertz CT molecular complexity index is 1720. The van der Waals surface area contributed by atoms with Crippen molar-refractivity contribution in [2.24, 2.45) is 0 Å². The Labute approximate surface area is 238 Å². The summed E-state index contributed by atoms with van der Waals surface area (Å²) in [6.45, 7) is 3.44. The minimum absolute atomic E-state index is 0.197. The summed E-state index contributed by atoms with van der Waals surface area (Å²) < 4.78 is 8.36. The Morgan fingerprint density at radius 2 is 1.78 bits per heavy atom. The highest BCUT2D eigenvalue weighted by Crippen LogP contribution is 2.42. The van der Waals surface area contributed by atoms with E-state index in [1.807, 2.05) is 24.4 Å². The lowest BCUT2D eigenvalue weighted by molar-refractivity contribution is 0.211. The van der Waals surface area contributed by atoms with Gasteiger partial charge >= 0.3 is 0 Å². The third kappa shape index (κ3) is 5.04. The molecule has 0 radical (unpaired) electrons. The van der Waals surface area contributed by atoms with Crippen LogP contribution in [0.1, 0.15) is 29.9 Å². The third-order valence-corrected chi connectivity index (χ3v) is 7.92. The molecule has 5 aromatic rings. The molecule has 7 rings (SSSR count). The topological polar surface area (TPSA) is 91.9 Å². The molecule has 0 bridgehead atoms. The van der Waals surface area contributed by atoms with Crippen molar-refractivity contribution in [2.45, 2.75) is 32.0 Å². The number of nitrogens with one attached hydrogen (secondary N) is 1. The van der Waals surface area contributed by atoms with Gasteiger partial charge in [0.15, 0.2) is 5.75 Å². The molecule has 0 amide bonds. The second-order valence-electron chi connectivity index (χ2n) is 10.5. The van der Waals surface area contributed by atoms with Crippen molar-refractivity contribution in [3.63, 3.8) is 0 Å². The van der Waals surface area contributed by atoms with Crippen molar-refractivity contribution in [3.05, 3.63) is 109 Å². The second-order valence-corrected chi connectivity index (χ2v) is 10.5. The molecule has 0 unspecified atom stereocenters. The van der Waals surface area contributed by atoms with Crippen LogP contribution in [-0.2, 0) is 13.2 Å². The van der Waals surface area contributed by atoms with Crippen LogP contribution in [0.2, 0.25) is 0 Å². The predicted molar refractivity (Wildman–Crippen MR) is 157 cm³/mol. The van der Waals surface area contributed by atoms with Gasteiger partial charge in [0, 0.05) is 55.4 Å². The van der Waals surface area contributed by atoms with Crippen LogP contribution in [0.15, 0.2) is 91.5 Å². The van der Waals surface area contributed by atoms with E-state index in [4.69, 9.17) is 10.00 Å². The first-order valence-electron chi connectivity index (χ1n) is 13.9. The molecule has 202 valence electrons. The molecule has 2 aliphatic heterocycles. The number of anilines is 1. The minimum Gasteiger partial charge on any atom is -0.484 e. The summed E-state index contributed by atoms with van der Waals surface area (Å²) in [5.41, 5.74) is 8.25. The van der Waals surface area contributed by atoms with E-state index in [0.717, 1.165) is 55.4 Å². The number of benzene rings is 2. The number of pyridine rings is 1. The molecule has 41 heavy (non-hydrogen) atoms. The highest BCUT2D eigenvalue weighted by Gasteiger charge is 2.25. The summed E-state index contributed by atoms with van der Waals surface area (Å²) in [5, 5.41) is 12.5. The molecule has 8 nitrogen and oxygen atoms in total. The number of likely N-dealkylation sites (tertiary alicyclic amines) is 1. The SMILES string of the molecule is N#Cc1nccc(NC2CCN(Cc3ccc(-c4cn5c(c4-c4ccccc4)COc4cnccc4-5)cc3)CC2)n1. The average molecular weight is 540 g/mol. The zero-order valence-electron chi connectivity index (χ0n) is 22.6. The Morgan fingerprint density at radius 3 is 2.59 bits per heavy atom. The van der Waals surface area contributed by atoms with Crippen LogP contribution in [-0.4, -0.2) is 43.6 Å². The molecule has 8 heteroatoms. The lowest BCUT2D eigenvalue weighted by Crippen LogP contribution is -2.38. The number of fused-ring (bicyclic) bond motifs is 3. The molecule has 0 atom stereocenters. The van der Waals surface area contributed by atoms with Crippen molar-refractivity contribution in [2.75, 3.05) is 18.4 Å². The number of rotatable bonds is 6. The van der Waals surface area contributed by atoms with Gasteiger partial charge in [0.2, 0.25) is 5.82 Å². The number of piperidine rings is 1. The molecule has 0 saturated carbocycles. The highest BCUT2D eigenvalue weighted by atomic mass is 16.5. The number of ether oxygens (including phenoxy) is 1. The van der Waals surface area contributed by atoms with Gasteiger partial charge in [-0.25, -0.2) is 9.97 Å². The van der Waals surface area contributed by atoms with E-state index in [1.165, 1.54) is 27.8 Å².